The monoisotopic (exact) mass is 346 g/mol. The predicted octanol–water partition coefficient (Wildman–Crippen LogP) is 3.70. The minimum atomic E-state index is -0.854. The molecule has 0 bridgehead atoms. The maximum Gasteiger partial charge on any atom is 0.318 e. The lowest BCUT2D eigenvalue weighted by Crippen LogP contribution is -2.44. The van der Waals surface area contributed by atoms with Gasteiger partial charge in [0.25, 0.3) is 0 Å². The molecular weight excluding hydrogens is 323 g/mol. The number of nitrogens with one attached hydrogen (secondary N) is 1. The number of hydrogen-bond acceptors (Lipinski definition) is 3. The van der Waals surface area contributed by atoms with Gasteiger partial charge in [-0.3, -0.25) is 0 Å². The van der Waals surface area contributed by atoms with E-state index < -0.39 is 6.10 Å². The fraction of sp³-hybridized carbons (Fsp3) is 0.421. The summed E-state index contributed by atoms with van der Waals surface area (Å²) in [7, 11) is 0. The second-order valence-electron chi connectivity index (χ2n) is 6.57. The van der Waals surface area contributed by atoms with E-state index >= 15 is 0 Å². The lowest BCUT2D eigenvalue weighted by molar-refractivity contribution is 0.116. The second-order valence-corrected chi connectivity index (χ2v) is 6.57. The molecule has 0 saturated heterocycles. The molecule has 134 valence electrons. The number of aryl methyl sites for hydroxylation is 1. The Kier molecular flexibility index (Phi) is 5.08. The highest BCUT2D eigenvalue weighted by atomic mass is 19.1. The molecule has 3 rings (SSSR count). The van der Waals surface area contributed by atoms with Gasteiger partial charge in [0.2, 0.25) is 0 Å². The molecule has 1 aromatic heterocycles. The summed E-state index contributed by atoms with van der Waals surface area (Å²) in [6, 6.07) is 9.04. The number of furan rings is 1. The van der Waals surface area contributed by atoms with Crippen molar-refractivity contribution in [1.82, 2.24) is 10.2 Å². The predicted molar refractivity (Wildman–Crippen MR) is 91.5 cm³/mol. The number of carbonyl (C=O) groups is 1. The van der Waals surface area contributed by atoms with Crippen molar-refractivity contribution < 1.29 is 18.7 Å². The third-order valence-corrected chi connectivity index (χ3v) is 4.40. The number of carbonyl (C=O) groups excluding carboxylic acids is 1. The minimum Gasteiger partial charge on any atom is -0.464 e. The Labute approximate surface area is 146 Å². The van der Waals surface area contributed by atoms with Gasteiger partial charge in [0.05, 0.1) is 18.7 Å². The van der Waals surface area contributed by atoms with E-state index in [0.29, 0.717) is 11.3 Å². The zero-order valence-electron chi connectivity index (χ0n) is 14.4. The summed E-state index contributed by atoms with van der Waals surface area (Å²) >= 11 is 0. The molecule has 1 aliphatic carbocycles. The average molecular weight is 346 g/mol. The van der Waals surface area contributed by atoms with E-state index in [0.717, 1.165) is 18.6 Å². The van der Waals surface area contributed by atoms with Crippen molar-refractivity contribution in [3.63, 3.8) is 0 Å². The van der Waals surface area contributed by atoms with Gasteiger partial charge in [0.1, 0.15) is 17.3 Å². The molecule has 2 aromatic rings. The molecule has 1 aliphatic rings. The summed E-state index contributed by atoms with van der Waals surface area (Å²) in [4.78, 5) is 14.3. The molecule has 25 heavy (non-hydrogen) atoms. The van der Waals surface area contributed by atoms with E-state index in [1.165, 1.54) is 24.3 Å². The van der Waals surface area contributed by atoms with Gasteiger partial charge in [0, 0.05) is 6.04 Å². The molecule has 1 aromatic carbocycles. The molecular formula is C19H23FN2O3. The molecule has 1 heterocycles. The molecule has 0 unspecified atom stereocenters. The van der Waals surface area contributed by atoms with E-state index in [2.05, 4.69) is 5.32 Å². The van der Waals surface area contributed by atoms with Crippen LogP contribution in [0.2, 0.25) is 0 Å². The molecule has 2 amide bonds. The average Bonchev–Trinajstić information content (AvgIpc) is 3.33. The van der Waals surface area contributed by atoms with Crippen LogP contribution in [0.4, 0.5) is 9.18 Å². The van der Waals surface area contributed by atoms with Crippen LogP contribution >= 0.6 is 0 Å². The van der Waals surface area contributed by atoms with Crippen molar-refractivity contribution in [2.75, 3.05) is 6.54 Å². The number of benzene rings is 1. The van der Waals surface area contributed by atoms with Gasteiger partial charge in [0.15, 0.2) is 0 Å². The van der Waals surface area contributed by atoms with Crippen LogP contribution in [0.1, 0.15) is 49.0 Å². The molecule has 0 radical (unpaired) electrons. The zero-order valence-corrected chi connectivity index (χ0v) is 14.4. The number of amides is 2. The van der Waals surface area contributed by atoms with Crippen molar-refractivity contribution in [3.05, 3.63) is 59.3 Å². The normalized spacial score (nSPS) is 16.3. The Balaban J connectivity index is 1.64. The van der Waals surface area contributed by atoms with Crippen LogP contribution in [0.3, 0.4) is 0 Å². The third kappa shape index (κ3) is 4.39. The molecule has 2 atom stereocenters. The highest BCUT2D eigenvalue weighted by molar-refractivity contribution is 5.75. The summed E-state index contributed by atoms with van der Waals surface area (Å²) in [5.41, 5.74) is 0.592. The Morgan fingerprint density at radius 3 is 2.56 bits per heavy atom. The summed E-state index contributed by atoms with van der Waals surface area (Å²) < 4.78 is 18.6. The molecule has 0 aliphatic heterocycles. The highest BCUT2D eigenvalue weighted by Gasteiger charge is 2.34. The standard InChI is InChI=1S/C19H23FN2O3/c1-12-3-10-18(25-12)13(2)21-19(24)22(16-8-9-16)11-17(23)14-4-6-15(20)7-5-14/h3-7,10,13,16-17,23H,8-9,11H2,1-2H3,(H,21,24)/t13-,17+/m0/s1. The first kappa shape index (κ1) is 17.5. The van der Waals surface area contributed by atoms with Crippen molar-refractivity contribution in [1.29, 1.82) is 0 Å². The fourth-order valence-electron chi connectivity index (χ4n) is 2.79. The topological polar surface area (TPSA) is 65.7 Å². The number of rotatable bonds is 6. The minimum absolute atomic E-state index is 0.139. The van der Waals surface area contributed by atoms with Crippen LogP contribution in [0.15, 0.2) is 40.8 Å². The molecule has 6 heteroatoms. The van der Waals surface area contributed by atoms with Gasteiger partial charge >= 0.3 is 6.03 Å². The van der Waals surface area contributed by atoms with Crippen LogP contribution in [-0.2, 0) is 0 Å². The molecule has 1 fully saturated rings. The third-order valence-electron chi connectivity index (χ3n) is 4.40. The van der Waals surface area contributed by atoms with Crippen LogP contribution in [-0.4, -0.2) is 28.6 Å². The smallest absolute Gasteiger partial charge is 0.318 e. The van der Waals surface area contributed by atoms with E-state index in [-0.39, 0.29) is 30.5 Å². The van der Waals surface area contributed by atoms with Crippen LogP contribution in [0, 0.1) is 12.7 Å². The van der Waals surface area contributed by atoms with Gasteiger partial charge < -0.3 is 19.7 Å². The van der Waals surface area contributed by atoms with E-state index in [1.807, 2.05) is 26.0 Å². The number of urea groups is 1. The van der Waals surface area contributed by atoms with Crippen LogP contribution in [0.5, 0.6) is 0 Å². The number of nitrogens with zero attached hydrogens (tertiary/aromatic N) is 1. The SMILES string of the molecule is Cc1ccc([C@H](C)NC(=O)N(C[C@@H](O)c2ccc(F)cc2)C2CC2)o1. The first-order valence-electron chi connectivity index (χ1n) is 8.51. The van der Waals surface area contributed by atoms with E-state index in [1.54, 1.807) is 4.90 Å². The number of aliphatic hydroxyl groups excluding tert-OH is 1. The zero-order chi connectivity index (χ0) is 18.0. The quantitative estimate of drug-likeness (QED) is 0.838. The summed E-state index contributed by atoms with van der Waals surface area (Å²) in [5, 5.41) is 13.3. The maximum atomic E-state index is 13.0. The van der Waals surface area contributed by atoms with Gasteiger partial charge in [-0.25, -0.2) is 9.18 Å². The van der Waals surface area contributed by atoms with Crippen LogP contribution < -0.4 is 5.32 Å². The Morgan fingerprint density at radius 2 is 2.00 bits per heavy atom. The number of hydrogen-bond donors (Lipinski definition) is 2. The molecule has 0 spiro atoms. The van der Waals surface area contributed by atoms with Crippen LogP contribution in [0.25, 0.3) is 0 Å². The van der Waals surface area contributed by atoms with Crippen molar-refractivity contribution in [3.8, 4) is 0 Å². The summed E-state index contributed by atoms with van der Waals surface area (Å²) in [6.07, 6.45) is 1.00. The largest absolute Gasteiger partial charge is 0.464 e. The van der Waals surface area contributed by atoms with E-state index in [4.69, 9.17) is 4.42 Å². The lowest BCUT2D eigenvalue weighted by atomic mass is 10.1. The first-order chi connectivity index (χ1) is 11.9. The number of halogens is 1. The molecule has 2 N–H and O–H groups in total. The van der Waals surface area contributed by atoms with Gasteiger partial charge in [-0.05, 0) is 56.5 Å². The molecule has 1 saturated carbocycles. The van der Waals surface area contributed by atoms with Gasteiger partial charge in [-0.1, -0.05) is 12.1 Å². The fourth-order valence-corrected chi connectivity index (χ4v) is 2.79. The maximum absolute atomic E-state index is 13.0. The van der Waals surface area contributed by atoms with Gasteiger partial charge in [-0.2, -0.15) is 0 Å². The van der Waals surface area contributed by atoms with E-state index in [9.17, 15) is 14.3 Å². The lowest BCUT2D eigenvalue weighted by Gasteiger charge is -2.27. The Hall–Kier alpha value is -2.34. The van der Waals surface area contributed by atoms with Crippen molar-refractivity contribution in [2.24, 2.45) is 0 Å². The first-order valence-corrected chi connectivity index (χ1v) is 8.51. The summed E-state index contributed by atoms with van der Waals surface area (Å²) in [5.74, 6) is 1.14. The van der Waals surface area contributed by atoms with Gasteiger partial charge in [-0.15, -0.1) is 0 Å². The second kappa shape index (κ2) is 7.27. The van der Waals surface area contributed by atoms with Crippen molar-refractivity contribution >= 4 is 6.03 Å². The van der Waals surface area contributed by atoms with Crippen molar-refractivity contribution in [2.45, 2.75) is 44.9 Å². The molecule has 5 nitrogen and oxygen atoms in total. The Morgan fingerprint density at radius 1 is 1.32 bits per heavy atom. The number of aliphatic hydroxyl groups is 1. The summed E-state index contributed by atoms with van der Waals surface area (Å²) in [6.45, 7) is 3.89. The highest BCUT2D eigenvalue weighted by Crippen LogP contribution is 2.29. The Bertz CT molecular complexity index is 725.